The second-order valence-electron chi connectivity index (χ2n) is 8.07. The Morgan fingerprint density at radius 1 is 0.967 bits per heavy atom. The Labute approximate surface area is 180 Å². The molecule has 0 spiro atoms. The molecule has 162 valence electrons. The molecular formula is C25H34N2O3. The maximum absolute atomic E-state index is 11.9. The zero-order chi connectivity index (χ0) is 21.5. The van der Waals surface area contributed by atoms with Crippen molar-refractivity contribution in [1.29, 1.82) is 0 Å². The summed E-state index contributed by atoms with van der Waals surface area (Å²) in [4.78, 5) is 16.8. The number of aryl methyl sites for hydroxylation is 1. The van der Waals surface area contributed by atoms with E-state index < -0.39 is 11.9 Å². The van der Waals surface area contributed by atoms with Crippen LogP contribution >= 0.6 is 0 Å². The van der Waals surface area contributed by atoms with Crippen LogP contribution in [0.15, 0.2) is 42.5 Å². The van der Waals surface area contributed by atoms with Crippen LogP contribution in [0.1, 0.15) is 49.3 Å². The van der Waals surface area contributed by atoms with Crippen LogP contribution in [-0.4, -0.2) is 60.6 Å². The van der Waals surface area contributed by atoms with Crippen LogP contribution in [-0.2, 0) is 11.2 Å². The van der Waals surface area contributed by atoms with Gasteiger partial charge >= 0.3 is 5.97 Å². The molecule has 1 unspecified atom stereocenters. The van der Waals surface area contributed by atoms with Gasteiger partial charge in [-0.1, -0.05) is 44.2 Å². The van der Waals surface area contributed by atoms with Crippen molar-refractivity contribution < 1.29 is 14.6 Å². The highest BCUT2D eigenvalue weighted by Crippen LogP contribution is 2.44. The van der Waals surface area contributed by atoms with Gasteiger partial charge in [0.25, 0.3) is 0 Å². The molecule has 0 aliphatic carbocycles. The monoisotopic (exact) mass is 410 g/mol. The van der Waals surface area contributed by atoms with Gasteiger partial charge in [-0.05, 0) is 76.7 Å². The number of hydrogen-bond acceptors (Lipinski definition) is 4. The van der Waals surface area contributed by atoms with Crippen LogP contribution < -0.4 is 4.74 Å². The van der Waals surface area contributed by atoms with Gasteiger partial charge in [-0.15, -0.1) is 0 Å². The van der Waals surface area contributed by atoms with Crippen LogP contribution in [0.2, 0.25) is 0 Å². The number of carbonyl (C=O) groups is 1. The summed E-state index contributed by atoms with van der Waals surface area (Å²) >= 11 is 0. The SMILES string of the molecule is CCN(CC)CCCN(C)CCCc1ccc2c(c1)Oc1ccccc1C2C(=O)O. The Kier molecular flexibility index (Phi) is 7.88. The van der Waals surface area contributed by atoms with E-state index in [1.165, 1.54) is 12.0 Å². The highest BCUT2D eigenvalue weighted by Gasteiger charge is 2.32. The minimum absolute atomic E-state index is 0.641. The Morgan fingerprint density at radius 3 is 2.40 bits per heavy atom. The van der Waals surface area contributed by atoms with E-state index in [9.17, 15) is 9.90 Å². The van der Waals surface area contributed by atoms with Gasteiger partial charge in [0, 0.05) is 11.1 Å². The molecular weight excluding hydrogens is 376 g/mol. The zero-order valence-electron chi connectivity index (χ0n) is 18.4. The number of carboxylic acids is 1. The van der Waals surface area contributed by atoms with Gasteiger partial charge in [0.1, 0.15) is 17.4 Å². The van der Waals surface area contributed by atoms with Crippen molar-refractivity contribution in [3.8, 4) is 11.5 Å². The van der Waals surface area contributed by atoms with E-state index in [1.807, 2.05) is 42.5 Å². The average molecular weight is 411 g/mol. The summed E-state index contributed by atoms with van der Waals surface area (Å²) in [5, 5.41) is 9.78. The third kappa shape index (κ3) is 5.41. The second-order valence-corrected chi connectivity index (χ2v) is 8.07. The van der Waals surface area contributed by atoms with Gasteiger partial charge in [0.05, 0.1) is 0 Å². The Hall–Kier alpha value is -2.37. The molecule has 1 N–H and O–H groups in total. The first-order valence-electron chi connectivity index (χ1n) is 11.1. The lowest BCUT2D eigenvalue weighted by Crippen LogP contribution is -2.28. The van der Waals surface area contributed by atoms with E-state index in [0.717, 1.165) is 56.7 Å². The fourth-order valence-electron chi connectivity index (χ4n) is 4.19. The number of fused-ring (bicyclic) bond motifs is 2. The fourth-order valence-corrected chi connectivity index (χ4v) is 4.19. The van der Waals surface area contributed by atoms with Gasteiger partial charge in [-0.2, -0.15) is 0 Å². The van der Waals surface area contributed by atoms with Gasteiger partial charge in [-0.25, -0.2) is 0 Å². The number of rotatable bonds is 11. The molecule has 0 saturated heterocycles. The summed E-state index contributed by atoms with van der Waals surface area (Å²) < 4.78 is 6.04. The Morgan fingerprint density at radius 2 is 1.67 bits per heavy atom. The van der Waals surface area contributed by atoms with Crippen LogP contribution in [0.5, 0.6) is 11.5 Å². The molecule has 30 heavy (non-hydrogen) atoms. The normalized spacial score (nSPS) is 15.0. The molecule has 1 aliphatic heterocycles. The van der Waals surface area contributed by atoms with E-state index in [-0.39, 0.29) is 0 Å². The quantitative estimate of drug-likeness (QED) is 0.586. The van der Waals surface area contributed by atoms with Gasteiger partial charge in [0.2, 0.25) is 0 Å². The summed E-state index contributed by atoms with van der Waals surface area (Å²) in [6, 6.07) is 13.4. The average Bonchev–Trinajstić information content (AvgIpc) is 2.74. The lowest BCUT2D eigenvalue weighted by atomic mass is 9.87. The number of para-hydroxylation sites is 1. The third-order valence-electron chi connectivity index (χ3n) is 6.00. The molecule has 0 saturated carbocycles. The molecule has 0 radical (unpaired) electrons. The number of ether oxygens (including phenoxy) is 1. The summed E-state index contributed by atoms with van der Waals surface area (Å²) in [7, 11) is 2.19. The highest BCUT2D eigenvalue weighted by molar-refractivity contribution is 5.83. The molecule has 1 heterocycles. The minimum Gasteiger partial charge on any atom is -0.481 e. The van der Waals surface area contributed by atoms with Crippen molar-refractivity contribution in [3.63, 3.8) is 0 Å². The molecule has 0 aromatic heterocycles. The zero-order valence-corrected chi connectivity index (χ0v) is 18.4. The van der Waals surface area contributed by atoms with E-state index >= 15 is 0 Å². The van der Waals surface area contributed by atoms with Gasteiger partial charge in [-0.3, -0.25) is 4.79 Å². The second kappa shape index (κ2) is 10.6. The van der Waals surface area contributed by atoms with E-state index in [1.54, 1.807) is 0 Å². The molecule has 3 rings (SSSR count). The van der Waals surface area contributed by atoms with E-state index in [0.29, 0.717) is 11.5 Å². The van der Waals surface area contributed by atoms with Crippen LogP contribution in [0.3, 0.4) is 0 Å². The first kappa shape index (κ1) is 22.3. The molecule has 1 aliphatic rings. The number of nitrogens with zero attached hydrogens (tertiary/aromatic N) is 2. The molecule has 2 aromatic rings. The van der Waals surface area contributed by atoms with Gasteiger partial charge in [0.15, 0.2) is 0 Å². The summed E-state index contributed by atoms with van der Waals surface area (Å²) in [5.41, 5.74) is 2.64. The standard InChI is InChI=1S/C25H34N2O3/c1-4-27(5-2)17-9-16-26(3)15-8-10-19-13-14-21-23(18-19)30-22-12-7-6-11-20(22)24(21)25(28)29/h6-7,11-14,18,24H,4-5,8-10,15-17H2,1-3H3,(H,28,29). The summed E-state index contributed by atoms with van der Waals surface area (Å²) in [6.07, 6.45) is 3.22. The fraction of sp³-hybridized carbons (Fsp3) is 0.480. The number of carboxylic acid groups (broad SMARTS) is 1. The Bertz CT molecular complexity index is 848. The molecule has 0 fully saturated rings. The molecule has 5 nitrogen and oxygen atoms in total. The van der Waals surface area contributed by atoms with E-state index in [4.69, 9.17) is 4.74 Å². The van der Waals surface area contributed by atoms with Crippen LogP contribution in [0, 0.1) is 0 Å². The van der Waals surface area contributed by atoms with Crippen molar-refractivity contribution in [1.82, 2.24) is 9.80 Å². The lowest BCUT2D eigenvalue weighted by Gasteiger charge is -2.26. The first-order valence-corrected chi connectivity index (χ1v) is 11.1. The maximum Gasteiger partial charge on any atom is 0.315 e. The first-order chi connectivity index (χ1) is 14.5. The predicted octanol–water partition coefficient (Wildman–Crippen LogP) is 4.61. The van der Waals surface area contributed by atoms with Crippen molar-refractivity contribution in [2.24, 2.45) is 0 Å². The maximum atomic E-state index is 11.9. The van der Waals surface area contributed by atoms with Gasteiger partial charge < -0.3 is 19.6 Å². The molecule has 1 atom stereocenters. The number of aliphatic carboxylic acids is 1. The lowest BCUT2D eigenvalue weighted by molar-refractivity contribution is -0.137. The smallest absolute Gasteiger partial charge is 0.315 e. The molecule has 0 bridgehead atoms. The van der Waals surface area contributed by atoms with Crippen molar-refractivity contribution >= 4 is 5.97 Å². The van der Waals surface area contributed by atoms with Crippen molar-refractivity contribution in [2.75, 3.05) is 39.8 Å². The minimum atomic E-state index is -0.842. The molecule has 5 heteroatoms. The van der Waals surface area contributed by atoms with E-state index in [2.05, 4.69) is 30.7 Å². The summed E-state index contributed by atoms with van der Waals surface area (Å²) in [6.45, 7) is 9.99. The topological polar surface area (TPSA) is 53.0 Å². The van der Waals surface area contributed by atoms with Crippen LogP contribution in [0.25, 0.3) is 0 Å². The third-order valence-corrected chi connectivity index (χ3v) is 6.00. The Balaban J connectivity index is 1.55. The number of hydrogen-bond donors (Lipinski definition) is 1. The largest absolute Gasteiger partial charge is 0.481 e. The summed E-state index contributed by atoms with van der Waals surface area (Å²) in [5.74, 6) is -0.198. The molecule has 2 aromatic carbocycles. The van der Waals surface area contributed by atoms with Crippen molar-refractivity contribution in [3.05, 3.63) is 59.2 Å². The predicted molar refractivity (Wildman–Crippen MR) is 121 cm³/mol. The number of benzene rings is 2. The molecule has 0 amide bonds. The highest BCUT2D eigenvalue weighted by atomic mass is 16.5. The van der Waals surface area contributed by atoms with Crippen molar-refractivity contribution in [2.45, 2.75) is 39.0 Å². The van der Waals surface area contributed by atoms with Crippen LogP contribution in [0.4, 0.5) is 0 Å².